The summed E-state index contributed by atoms with van der Waals surface area (Å²) in [5, 5.41) is 0.993. The Bertz CT molecular complexity index is 1060. The third-order valence-electron chi connectivity index (χ3n) is 3.70. The molecule has 26 heavy (non-hydrogen) atoms. The first-order valence-electron chi connectivity index (χ1n) is 7.33. The summed E-state index contributed by atoms with van der Waals surface area (Å²) < 4.78 is 71.5. The Balaban J connectivity index is 2.10. The largest absolute Gasteiger partial charge is 0.495 e. The van der Waals surface area contributed by atoms with Gasteiger partial charge in [-0.3, -0.25) is 9.71 Å². The number of nitrogens with zero attached hydrogens (tertiary/aromatic N) is 1. The van der Waals surface area contributed by atoms with E-state index in [-0.39, 0.29) is 16.3 Å². The second kappa shape index (κ2) is 6.49. The number of nitrogens with one attached hydrogen (secondary N) is 1. The minimum absolute atomic E-state index is 0.0246. The SMILES string of the molecule is COc1ccc(C(F)(F)F)cc1NS(=O)(=O)c1cccc2cnccc12. The number of alkyl halides is 3. The molecule has 0 saturated heterocycles. The number of rotatable bonds is 4. The minimum Gasteiger partial charge on any atom is -0.495 e. The number of ether oxygens (including phenoxy) is 1. The molecule has 3 aromatic rings. The van der Waals surface area contributed by atoms with Crippen LogP contribution in [-0.2, 0) is 16.2 Å². The molecule has 9 heteroatoms. The number of halogens is 3. The van der Waals surface area contributed by atoms with Gasteiger partial charge in [-0.1, -0.05) is 12.1 Å². The van der Waals surface area contributed by atoms with Gasteiger partial charge in [0.25, 0.3) is 10.0 Å². The van der Waals surface area contributed by atoms with Crippen molar-refractivity contribution < 1.29 is 26.3 Å². The van der Waals surface area contributed by atoms with Gasteiger partial charge in [0.2, 0.25) is 0 Å². The Morgan fingerprint density at radius 2 is 1.88 bits per heavy atom. The molecule has 0 radical (unpaired) electrons. The molecule has 1 aromatic heterocycles. The molecule has 136 valence electrons. The molecule has 5 nitrogen and oxygen atoms in total. The second-order valence-electron chi connectivity index (χ2n) is 5.37. The summed E-state index contributed by atoms with van der Waals surface area (Å²) in [6.45, 7) is 0. The van der Waals surface area contributed by atoms with Crippen molar-refractivity contribution in [2.24, 2.45) is 0 Å². The van der Waals surface area contributed by atoms with E-state index >= 15 is 0 Å². The highest BCUT2D eigenvalue weighted by molar-refractivity contribution is 7.93. The van der Waals surface area contributed by atoms with Crippen LogP contribution in [0.3, 0.4) is 0 Å². The third kappa shape index (κ3) is 3.43. The third-order valence-corrected chi connectivity index (χ3v) is 5.13. The Labute approximate surface area is 147 Å². The lowest BCUT2D eigenvalue weighted by Crippen LogP contribution is -2.15. The molecular weight excluding hydrogens is 369 g/mol. The van der Waals surface area contributed by atoms with Crippen molar-refractivity contribution in [2.75, 3.05) is 11.8 Å². The van der Waals surface area contributed by atoms with Crippen LogP contribution in [0.5, 0.6) is 5.75 Å². The van der Waals surface area contributed by atoms with Crippen LogP contribution in [0.25, 0.3) is 10.8 Å². The fourth-order valence-corrected chi connectivity index (χ4v) is 3.78. The normalized spacial score (nSPS) is 12.2. The molecule has 0 aliphatic heterocycles. The predicted molar refractivity (Wildman–Crippen MR) is 90.5 cm³/mol. The first-order valence-corrected chi connectivity index (χ1v) is 8.81. The summed E-state index contributed by atoms with van der Waals surface area (Å²) in [7, 11) is -2.92. The van der Waals surface area contributed by atoms with Gasteiger partial charge in [-0.2, -0.15) is 13.2 Å². The van der Waals surface area contributed by atoms with Crippen LogP contribution in [0.1, 0.15) is 5.56 Å². The molecule has 0 atom stereocenters. The first kappa shape index (κ1) is 18.0. The second-order valence-corrected chi connectivity index (χ2v) is 7.02. The van der Waals surface area contributed by atoms with Gasteiger partial charge in [0.05, 0.1) is 23.3 Å². The monoisotopic (exact) mass is 382 g/mol. The maximum absolute atomic E-state index is 12.9. The number of aromatic nitrogens is 1. The van der Waals surface area contributed by atoms with E-state index in [1.807, 2.05) is 0 Å². The molecule has 0 aliphatic rings. The summed E-state index contributed by atoms with van der Waals surface area (Å²) in [5.74, 6) is -0.0246. The van der Waals surface area contributed by atoms with Crippen molar-refractivity contribution in [3.05, 3.63) is 60.4 Å². The molecule has 2 aromatic carbocycles. The number of methoxy groups -OCH3 is 1. The average molecular weight is 382 g/mol. The van der Waals surface area contributed by atoms with Crippen molar-refractivity contribution in [3.63, 3.8) is 0 Å². The van der Waals surface area contributed by atoms with Crippen molar-refractivity contribution in [3.8, 4) is 5.75 Å². The van der Waals surface area contributed by atoms with Crippen LogP contribution < -0.4 is 9.46 Å². The van der Waals surface area contributed by atoms with Crippen LogP contribution in [0, 0.1) is 0 Å². The molecule has 0 unspecified atom stereocenters. The van der Waals surface area contributed by atoms with E-state index in [1.54, 1.807) is 6.07 Å². The van der Waals surface area contributed by atoms with Crippen molar-refractivity contribution in [1.29, 1.82) is 0 Å². The fourth-order valence-electron chi connectivity index (χ4n) is 2.49. The lowest BCUT2D eigenvalue weighted by atomic mass is 10.2. The van der Waals surface area contributed by atoms with Crippen LogP contribution in [-0.4, -0.2) is 20.5 Å². The predicted octanol–water partition coefficient (Wildman–Crippen LogP) is 4.06. The molecular formula is C17H13F3N2O3S. The number of anilines is 1. The number of benzene rings is 2. The van der Waals surface area contributed by atoms with Gasteiger partial charge in [-0.05, 0) is 30.3 Å². The molecule has 0 spiro atoms. The maximum Gasteiger partial charge on any atom is 0.416 e. The summed E-state index contributed by atoms with van der Waals surface area (Å²) in [4.78, 5) is 3.85. The molecule has 1 heterocycles. The smallest absolute Gasteiger partial charge is 0.416 e. The Hall–Kier alpha value is -2.81. The molecule has 1 N–H and O–H groups in total. The van der Waals surface area contributed by atoms with Gasteiger partial charge < -0.3 is 4.74 Å². The minimum atomic E-state index is -4.61. The summed E-state index contributed by atoms with van der Waals surface area (Å²) in [5.41, 5.74) is -1.29. The topological polar surface area (TPSA) is 68.3 Å². The Kier molecular flexibility index (Phi) is 4.49. The summed E-state index contributed by atoms with van der Waals surface area (Å²) in [6, 6.07) is 8.68. The quantitative estimate of drug-likeness (QED) is 0.739. The number of hydrogen-bond acceptors (Lipinski definition) is 4. The number of pyridine rings is 1. The van der Waals surface area contributed by atoms with E-state index in [2.05, 4.69) is 9.71 Å². The highest BCUT2D eigenvalue weighted by Crippen LogP contribution is 2.36. The Morgan fingerprint density at radius 1 is 1.12 bits per heavy atom. The van der Waals surface area contributed by atoms with Crippen LogP contribution in [0.4, 0.5) is 18.9 Å². The maximum atomic E-state index is 12.9. The molecule has 0 bridgehead atoms. The van der Waals surface area contributed by atoms with Gasteiger partial charge >= 0.3 is 6.18 Å². The highest BCUT2D eigenvalue weighted by atomic mass is 32.2. The standard InChI is InChI=1S/C17H13F3N2O3S/c1-25-15-6-5-12(17(18,19)20)9-14(15)22-26(23,24)16-4-2-3-11-10-21-8-7-13(11)16/h2-10,22H,1H3. The van der Waals surface area contributed by atoms with E-state index in [4.69, 9.17) is 4.74 Å². The Morgan fingerprint density at radius 3 is 2.58 bits per heavy atom. The molecule has 3 rings (SSSR count). The van der Waals surface area contributed by atoms with Gasteiger partial charge in [-0.15, -0.1) is 0 Å². The molecule has 0 saturated carbocycles. The summed E-state index contributed by atoms with van der Waals surface area (Å²) >= 11 is 0. The van der Waals surface area contributed by atoms with Gasteiger partial charge in [0, 0.05) is 23.2 Å². The van der Waals surface area contributed by atoms with E-state index in [0.717, 1.165) is 12.1 Å². The van der Waals surface area contributed by atoms with Crippen LogP contribution in [0.2, 0.25) is 0 Å². The van der Waals surface area contributed by atoms with Crippen molar-refractivity contribution >= 4 is 26.5 Å². The van der Waals surface area contributed by atoms with Crippen LogP contribution in [0.15, 0.2) is 59.8 Å². The van der Waals surface area contributed by atoms with Crippen molar-refractivity contribution in [1.82, 2.24) is 4.98 Å². The van der Waals surface area contributed by atoms with E-state index < -0.39 is 21.8 Å². The average Bonchev–Trinajstić information content (AvgIpc) is 2.60. The van der Waals surface area contributed by atoms with Gasteiger partial charge in [-0.25, -0.2) is 8.42 Å². The lowest BCUT2D eigenvalue weighted by Gasteiger charge is -2.15. The number of sulfonamides is 1. The van der Waals surface area contributed by atoms with Crippen LogP contribution >= 0.6 is 0 Å². The van der Waals surface area contributed by atoms with E-state index in [0.29, 0.717) is 16.8 Å². The number of hydrogen-bond donors (Lipinski definition) is 1. The number of fused-ring (bicyclic) bond motifs is 1. The van der Waals surface area contributed by atoms with Gasteiger partial charge in [0.15, 0.2) is 0 Å². The molecule has 0 amide bonds. The zero-order valence-corrected chi connectivity index (χ0v) is 14.2. The zero-order chi connectivity index (χ0) is 18.9. The van der Waals surface area contributed by atoms with Crippen molar-refractivity contribution in [2.45, 2.75) is 11.1 Å². The first-order chi connectivity index (χ1) is 12.2. The lowest BCUT2D eigenvalue weighted by molar-refractivity contribution is -0.137. The van der Waals surface area contributed by atoms with E-state index in [1.165, 1.54) is 37.7 Å². The molecule has 0 fully saturated rings. The van der Waals surface area contributed by atoms with Gasteiger partial charge in [0.1, 0.15) is 5.75 Å². The highest BCUT2D eigenvalue weighted by Gasteiger charge is 2.32. The van der Waals surface area contributed by atoms with E-state index in [9.17, 15) is 21.6 Å². The fraction of sp³-hybridized carbons (Fsp3) is 0.118. The summed E-state index contributed by atoms with van der Waals surface area (Å²) in [6.07, 6.45) is -1.68. The molecule has 0 aliphatic carbocycles. The zero-order valence-electron chi connectivity index (χ0n) is 13.4.